The molecule has 0 spiro atoms. The van der Waals surface area contributed by atoms with Crippen LogP contribution >= 0.6 is 0 Å². The first kappa shape index (κ1) is 13.9. The van der Waals surface area contributed by atoms with Gasteiger partial charge in [0.25, 0.3) is 0 Å². The molecule has 1 aliphatic rings. The fourth-order valence-corrected chi connectivity index (χ4v) is 2.26. The molecule has 0 aromatic carbocycles. The van der Waals surface area contributed by atoms with Crippen molar-refractivity contribution in [2.24, 2.45) is 5.73 Å². The molecular weight excluding hydrogens is 204 g/mol. The van der Waals surface area contributed by atoms with Crippen molar-refractivity contribution in [3.05, 3.63) is 0 Å². The predicted molar refractivity (Wildman–Crippen MR) is 65.4 cm³/mol. The molecule has 1 fully saturated rings. The number of ether oxygens (including phenoxy) is 1. The summed E-state index contributed by atoms with van der Waals surface area (Å²) in [4.78, 5) is 2.30. The van der Waals surface area contributed by atoms with Gasteiger partial charge in [0.1, 0.15) is 0 Å². The SMILES string of the molecule is CC(C)OCCN(C)C1CCC(N)(CO)C1. The van der Waals surface area contributed by atoms with E-state index in [0.29, 0.717) is 12.1 Å². The zero-order valence-electron chi connectivity index (χ0n) is 10.8. The smallest absolute Gasteiger partial charge is 0.0611 e. The molecule has 0 aromatic heterocycles. The number of rotatable bonds is 6. The number of aliphatic hydroxyl groups excluding tert-OH is 1. The lowest BCUT2D eigenvalue weighted by Crippen LogP contribution is -2.43. The topological polar surface area (TPSA) is 58.7 Å². The van der Waals surface area contributed by atoms with Crippen LogP contribution in [-0.4, -0.2) is 54.5 Å². The molecule has 0 bridgehead atoms. The van der Waals surface area contributed by atoms with Crippen molar-refractivity contribution in [3.8, 4) is 0 Å². The van der Waals surface area contributed by atoms with Crippen LogP contribution in [0, 0.1) is 0 Å². The van der Waals surface area contributed by atoms with E-state index in [4.69, 9.17) is 10.5 Å². The van der Waals surface area contributed by atoms with Gasteiger partial charge in [0, 0.05) is 18.1 Å². The summed E-state index contributed by atoms with van der Waals surface area (Å²) in [7, 11) is 2.11. The summed E-state index contributed by atoms with van der Waals surface area (Å²) < 4.78 is 5.53. The van der Waals surface area contributed by atoms with Crippen molar-refractivity contribution in [2.75, 3.05) is 26.8 Å². The Kier molecular flexibility index (Phi) is 5.18. The van der Waals surface area contributed by atoms with Crippen molar-refractivity contribution < 1.29 is 9.84 Å². The maximum absolute atomic E-state index is 9.21. The molecule has 16 heavy (non-hydrogen) atoms. The van der Waals surface area contributed by atoms with Crippen LogP contribution < -0.4 is 5.73 Å². The molecular formula is C12H26N2O2. The van der Waals surface area contributed by atoms with E-state index in [1.54, 1.807) is 0 Å². The second kappa shape index (κ2) is 5.96. The highest BCUT2D eigenvalue weighted by atomic mass is 16.5. The van der Waals surface area contributed by atoms with E-state index in [-0.39, 0.29) is 12.1 Å². The summed E-state index contributed by atoms with van der Waals surface area (Å²) in [5.41, 5.74) is 5.71. The number of hydrogen-bond acceptors (Lipinski definition) is 4. The Labute approximate surface area is 98.8 Å². The first-order chi connectivity index (χ1) is 7.47. The average Bonchev–Trinajstić information content (AvgIpc) is 2.61. The van der Waals surface area contributed by atoms with Gasteiger partial charge in [0.2, 0.25) is 0 Å². The molecule has 0 radical (unpaired) electrons. The summed E-state index contributed by atoms with van der Waals surface area (Å²) in [6.07, 6.45) is 3.18. The lowest BCUT2D eigenvalue weighted by atomic mass is 10.0. The zero-order chi connectivity index (χ0) is 12.2. The van der Waals surface area contributed by atoms with Crippen LogP contribution in [0.1, 0.15) is 33.1 Å². The van der Waals surface area contributed by atoms with Crippen LogP contribution in [0.15, 0.2) is 0 Å². The molecule has 0 amide bonds. The molecule has 96 valence electrons. The second-order valence-electron chi connectivity index (χ2n) is 5.32. The van der Waals surface area contributed by atoms with Crippen LogP contribution in [0.4, 0.5) is 0 Å². The third-order valence-electron chi connectivity index (χ3n) is 3.45. The molecule has 4 heteroatoms. The standard InChI is InChI=1S/C12H26N2O2/c1-10(2)16-7-6-14(3)11-4-5-12(13,8-11)9-15/h10-11,15H,4-9,13H2,1-3H3. The fourth-order valence-electron chi connectivity index (χ4n) is 2.26. The van der Waals surface area contributed by atoms with E-state index in [9.17, 15) is 5.11 Å². The Balaban J connectivity index is 2.25. The van der Waals surface area contributed by atoms with Gasteiger partial charge < -0.3 is 20.5 Å². The Morgan fingerprint density at radius 1 is 1.56 bits per heavy atom. The highest BCUT2D eigenvalue weighted by Crippen LogP contribution is 2.30. The molecule has 1 rings (SSSR count). The Morgan fingerprint density at radius 3 is 2.75 bits per heavy atom. The van der Waals surface area contributed by atoms with E-state index in [2.05, 4.69) is 11.9 Å². The van der Waals surface area contributed by atoms with Gasteiger partial charge in [-0.1, -0.05) is 0 Å². The molecule has 0 saturated heterocycles. The van der Waals surface area contributed by atoms with E-state index in [1.165, 1.54) is 0 Å². The molecule has 2 atom stereocenters. The van der Waals surface area contributed by atoms with Crippen LogP contribution in [0.25, 0.3) is 0 Å². The highest BCUT2D eigenvalue weighted by Gasteiger charge is 2.36. The molecule has 4 nitrogen and oxygen atoms in total. The Morgan fingerprint density at radius 2 is 2.25 bits per heavy atom. The fraction of sp³-hybridized carbons (Fsp3) is 1.00. The van der Waals surface area contributed by atoms with Crippen molar-refractivity contribution in [2.45, 2.75) is 50.8 Å². The Hall–Kier alpha value is -0.160. The normalized spacial score (nSPS) is 30.6. The third-order valence-corrected chi connectivity index (χ3v) is 3.45. The van der Waals surface area contributed by atoms with E-state index in [1.807, 2.05) is 13.8 Å². The van der Waals surface area contributed by atoms with Crippen LogP contribution in [0.5, 0.6) is 0 Å². The van der Waals surface area contributed by atoms with E-state index >= 15 is 0 Å². The quantitative estimate of drug-likeness (QED) is 0.701. The predicted octanol–water partition coefficient (Wildman–Crippen LogP) is 0.586. The van der Waals surface area contributed by atoms with Gasteiger partial charge >= 0.3 is 0 Å². The summed E-state index contributed by atoms with van der Waals surface area (Å²) in [5, 5.41) is 9.21. The minimum Gasteiger partial charge on any atom is -0.394 e. The summed E-state index contributed by atoms with van der Waals surface area (Å²) in [6, 6.07) is 0.493. The molecule has 2 unspecified atom stereocenters. The molecule has 0 heterocycles. The molecule has 3 N–H and O–H groups in total. The van der Waals surface area contributed by atoms with Gasteiger partial charge in [-0.3, -0.25) is 0 Å². The Bertz CT molecular complexity index is 211. The molecule has 1 aliphatic carbocycles. The highest BCUT2D eigenvalue weighted by molar-refractivity contribution is 4.96. The number of nitrogens with zero attached hydrogens (tertiary/aromatic N) is 1. The van der Waals surface area contributed by atoms with Crippen LogP contribution in [-0.2, 0) is 4.74 Å². The number of hydrogen-bond donors (Lipinski definition) is 2. The second-order valence-corrected chi connectivity index (χ2v) is 5.32. The van der Waals surface area contributed by atoms with Gasteiger partial charge in [-0.15, -0.1) is 0 Å². The number of nitrogens with two attached hydrogens (primary N) is 1. The maximum Gasteiger partial charge on any atom is 0.0611 e. The van der Waals surface area contributed by atoms with Gasteiger partial charge in [-0.25, -0.2) is 0 Å². The summed E-state index contributed by atoms with van der Waals surface area (Å²) in [6.45, 7) is 5.89. The summed E-state index contributed by atoms with van der Waals surface area (Å²) >= 11 is 0. The van der Waals surface area contributed by atoms with E-state index < -0.39 is 0 Å². The zero-order valence-corrected chi connectivity index (χ0v) is 10.8. The van der Waals surface area contributed by atoms with Crippen molar-refractivity contribution in [1.82, 2.24) is 4.90 Å². The number of aliphatic hydroxyl groups is 1. The van der Waals surface area contributed by atoms with E-state index in [0.717, 1.165) is 32.4 Å². The third kappa shape index (κ3) is 4.01. The monoisotopic (exact) mass is 230 g/mol. The first-order valence-electron chi connectivity index (χ1n) is 6.18. The van der Waals surface area contributed by atoms with Gasteiger partial charge in [-0.05, 0) is 40.2 Å². The average molecular weight is 230 g/mol. The van der Waals surface area contributed by atoms with Crippen molar-refractivity contribution in [3.63, 3.8) is 0 Å². The molecule has 0 aliphatic heterocycles. The van der Waals surface area contributed by atoms with Gasteiger partial charge in [-0.2, -0.15) is 0 Å². The van der Waals surface area contributed by atoms with Crippen molar-refractivity contribution in [1.29, 1.82) is 0 Å². The van der Waals surface area contributed by atoms with Crippen molar-refractivity contribution >= 4 is 0 Å². The molecule has 0 aromatic rings. The van der Waals surface area contributed by atoms with Gasteiger partial charge in [0.15, 0.2) is 0 Å². The minimum absolute atomic E-state index is 0.0971. The molecule has 1 saturated carbocycles. The lowest BCUT2D eigenvalue weighted by molar-refractivity contribution is 0.0552. The van der Waals surface area contributed by atoms with Crippen LogP contribution in [0.3, 0.4) is 0 Å². The first-order valence-corrected chi connectivity index (χ1v) is 6.18. The summed E-state index contributed by atoms with van der Waals surface area (Å²) in [5.74, 6) is 0. The van der Waals surface area contributed by atoms with Crippen LogP contribution in [0.2, 0.25) is 0 Å². The number of likely N-dealkylation sites (N-methyl/N-ethyl adjacent to an activating group) is 1. The largest absolute Gasteiger partial charge is 0.394 e. The minimum atomic E-state index is -0.349. The van der Waals surface area contributed by atoms with Gasteiger partial charge in [0.05, 0.1) is 19.3 Å². The maximum atomic E-state index is 9.21. The lowest BCUT2D eigenvalue weighted by Gasteiger charge is -2.27.